The second-order valence-corrected chi connectivity index (χ2v) is 3.99. The molecule has 0 aliphatic carbocycles. The Balaban J connectivity index is 2.49. The molecule has 2 aromatic heterocycles. The van der Waals surface area contributed by atoms with Crippen LogP contribution in [0.3, 0.4) is 0 Å². The fourth-order valence-electron chi connectivity index (χ4n) is 1.46. The number of nitrogens with zero attached hydrogens (tertiary/aromatic N) is 5. The Morgan fingerprint density at radius 1 is 1.29 bits per heavy atom. The van der Waals surface area contributed by atoms with Crippen molar-refractivity contribution in [2.75, 3.05) is 31.4 Å². The quantitative estimate of drug-likeness (QED) is 0.855. The molecule has 0 saturated carbocycles. The molecular formula is C11H16N6. The second-order valence-electron chi connectivity index (χ2n) is 3.99. The smallest absolute Gasteiger partial charge is 0.227 e. The first kappa shape index (κ1) is 11.4. The summed E-state index contributed by atoms with van der Waals surface area (Å²) in [6.07, 6.45) is 3.72. The Hall–Kier alpha value is -2.11. The first-order valence-corrected chi connectivity index (χ1v) is 5.33. The van der Waals surface area contributed by atoms with Gasteiger partial charge in [-0.05, 0) is 0 Å². The zero-order chi connectivity index (χ0) is 12.4. The topological polar surface area (TPSA) is 58.9 Å². The van der Waals surface area contributed by atoms with E-state index in [0.29, 0.717) is 5.95 Å². The zero-order valence-corrected chi connectivity index (χ0v) is 10.5. The summed E-state index contributed by atoms with van der Waals surface area (Å²) in [5, 5.41) is 7.18. The molecule has 17 heavy (non-hydrogen) atoms. The van der Waals surface area contributed by atoms with Crippen LogP contribution in [-0.2, 0) is 7.05 Å². The van der Waals surface area contributed by atoms with Gasteiger partial charge in [-0.15, -0.1) is 0 Å². The molecule has 90 valence electrons. The van der Waals surface area contributed by atoms with Crippen molar-refractivity contribution in [3.63, 3.8) is 0 Å². The summed E-state index contributed by atoms with van der Waals surface area (Å²) in [4.78, 5) is 10.7. The van der Waals surface area contributed by atoms with E-state index in [0.717, 1.165) is 17.1 Å². The van der Waals surface area contributed by atoms with E-state index < -0.39 is 0 Å². The molecule has 2 aromatic rings. The summed E-state index contributed by atoms with van der Waals surface area (Å²) in [6, 6.07) is 1.91. The maximum atomic E-state index is 4.49. The van der Waals surface area contributed by atoms with E-state index in [4.69, 9.17) is 0 Å². The number of nitrogens with one attached hydrogen (secondary N) is 1. The van der Waals surface area contributed by atoms with Crippen molar-refractivity contribution in [2.45, 2.75) is 0 Å². The number of rotatable bonds is 3. The third-order valence-electron chi connectivity index (χ3n) is 2.37. The van der Waals surface area contributed by atoms with Crippen LogP contribution in [0.5, 0.6) is 0 Å². The number of aryl methyl sites for hydroxylation is 1. The van der Waals surface area contributed by atoms with Crippen LogP contribution >= 0.6 is 0 Å². The third-order valence-corrected chi connectivity index (χ3v) is 2.37. The molecule has 2 rings (SSSR count). The van der Waals surface area contributed by atoms with Crippen molar-refractivity contribution in [1.82, 2.24) is 19.7 Å². The predicted molar refractivity (Wildman–Crippen MR) is 68.1 cm³/mol. The highest BCUT2D eigenvalue weighted by Gasteiger charge is 2.08. The normalized spacial score (nSPS) is 10.4. The van der Waals surface area contributed by atoms with Gasteiger partial charge in [0.2, 0.25) is 5.95 Å². The van der Waals surface area contributed by atoms with Crippen molar-refractivity contribution >= 4 is 11.8 Å². The lowest BCUT2D eigenvalue weighted by molar-refractivity contribution is 0.768. The molecule has 0 fully saturated rings. The molecule has 0 unspecified atom stereocenters. The fourth-order valence-corrected chi connectivity index (χ4v) is 1.46. The Labute approximate surface area is 100 Å². The Morgan fingerprint density at radius 2 is 2.06 bits per heavy atom. The highest BCUT2D eigenvalue weighted by Crippen LogP contribution is 2.21. The van der Waals surface area contributed by atoms with Gasteiger partial charge in [-0.2, -0.15) is 10.1 Å². The number of anilines is 2. The summed E-state index contributed by atoms with van der Waals surface area (Å²) in [6.45, 7) is 0. The molecule has 0 amide bonds. The number of hydrogen-bond donors (Lipinski definition) is 1. The first-order valence-electron chi connectivity index (χ1n) is 5.33. The molecule has 0 atom stereocenters. The summed E-state index contributed by atoms with van der Waals surface area (Å²) in [5.74, 6) is 1.47. The van der Waals surface area contributed by atoms with Gasteiger partial charge in [-0.1, -0.05) is 0 Å². The average molecular weight is 232 g/mol. The molecule has 0 aliphatic rings. The van der Waals surface area contributed by atoms with Gasteiger partial charge in [-0.25, -0.2) is 4.98 Å². The van der Waals surface area contributed by atoms with E-state index in [1.807, 2.05) is 45.4 Å². The molecular weight excluding hydrogens is 216 g/mol. The van der Waals surface area contributed by atoms with Gasteiger partial charge in [0.1, 0.15) is 5.82 Å². The monoisotopic (exact) mass is 232 g/mol. The number of aromatic nitrogens is 4. The summed E-state index contributed by atoms with van der Waals surface area (Å²) < 4.78 is 1.76. The van der Waals surface area contributed by atoms with Gasteiger partial charge < -0.3 is 10.2 Å². The second kappa shape index (κ2) is 4.40. The van der Waals surface area contributed by atoms with Crippen LogP contribution in [0.4, 0.5) is 11.8 Å². The SMILES string of the molecule is CNc1cc(-c2cnn(C)c2)nc(N(C)C)n1. The molecule has 0 aromatic carbocycles. The lowest BCUT2D eigenvalue weighted by atomic mass is 10.2. The fraction of sp³-hybridized carbons (Fsp3) is 0.364. The molecule has 6 nitrogen and oxygen atoms in total. The lowest BCUT2D eigenvalue weighted by Gasteiger charge is -2.12. The summed E-state index contributed by atoms with van der Waals surface area (Å²) in [5.41, 5.74) is 1.84. The van der Waals surface area contributed by atoms with Crippen LogP contribution in [0, 0.1) is 0 Å². The minimum atomic E-state index is 0.677. The van der Waals surface area contributed by atoms with Crippen LogP contribution in [-0.4, -0.2) is 40.9 Å². The molecule has 0 aliphatic heterocycles. The van der Waals surface area contributed by atoms with Gasteiger partial charge >= 0.3 is 0 Å². The van der Waals surface area contributed by atoms with Gasteiger partial charge in [0.15, 0.2) is 0 Å². The van der Waals surface area contributed by atoms with E-state index in [2.05, 4.69) is 20.4 Å². The van der Waals surface area contributed by atoms with Gasteiger partial charge in [0, 0.05) is 46.0 Å². The molecule has 1 N–H and O–H groups in total. The van der Waals surface area contributed by atoms with E-state index >= 15 is 0 Å². The average Bonchev–Trinajstić information content (AvgIpc) is 2.75. The van der Waals surface area contributed by atoms with Crippen molar-refractivity contribution in [3.05, 3.63) is 18.5 Å². The summed E-state index contributed by atoms with van der Waals surface area (Å²) in [7, 11) is 7.56. The Bertz CT molecular complexity index is 516. The van der Waals surface area contributed by atoms with E-state index in [9.17, 15) is 0 Å². The van der Waals surface area contributed by atoms with Gasteiger partial charge in [0.25, 0.3) is 0 Å². The van der Waals surface area contributed by atoms with Crippen LogP contribution in [0.1, 0.15) is 0 Å². The zero-order valence-electron chi connectivity index (χ0n) is 10.5. The first-order chi connectivity index (χ1) is 8.10. The van der Waals surface area contributed by atoms with E-state index in [1.54, 1.807) is 10.9 Å². The van der Waals surface area contributed by atoms with Gasteiger partial charge in [0.05, 0.1) is 11.9 Å². The molecule has 6 heteroatoms. The lowest BCUT2D eigenvalue weighted by Crippen LogP contribution is -2.13. The van der Waals surface area contributed by atoms with E-state index in [-0.39, 0.29) is 0 Å². The predicted octanol–water partition coefficient (Wildman–Crippen LogP) is 0.985. The molecule has 0 radical (unpaired) electrons. The van der Waals surface area contributed by atoms with Gasteiger partial charge in [-0.3, -0.25) is 4.68 Å². The largest absolute Gasteiger partial charge is 0.373 e. The van der Waals surface area contributed by atoms with E-state index in [1.165, 1.54) is 0 Å². The minimum absolute atomic E-state index is 0.677. The molecule has 0 saturated heterocycles. The standard InChI is InChI=1S/C11H16N6/c1-12-10-5-9(8-6-13-17(4)7-8)14-11(15-10)16(2)3/h5-7H,1-4H3,(H,12,14,15). The van der Waals surface area contributed by atoms with Crippen LogP contribution in [0.25, 0.3) is 11.3 Å². The Kier molecular flexibility index (Phi) is 2.95. The Morgan fingerprint density at radius 3 is 2.59 bits per heavy atom. The maximum Gasteiger partial charge on any atom is 0.227 e. The van der Waals surface area contributed by atoms with Crippen molar-refractivity contribution in [2.24, 2.45) is 7.05 Å². The molecule has 0 spiro atoms. The highest BCUT2D eigenvalue weighted by atomic mass is 15.2. The number of hydrogen-bond acceptors (Lipinski definition) is 5. The minimum Gasteiger partial charge on any atom is -0.373 e. The van der Waals surface area contributed by atoms with Crippen molar-refractivity contribution < 1.29 is 0 Å². The van der Waals surface area contributed by atoms with Crippen molar-refractivity contribution in [1.29, 1.82) is 0 Å². The van der Waals surface area contributed by atoms with Crippen LogP contribution in [0.15, 0.2) is 18.5 Å². The summed E-state index contributed by atoms with van der Waals surface area (Å²) >= 11 is 0. The van der Waals surface area contributed by atoms with Crippen molar-refractivity contribution in [3.8, 4) is 11.3 Å². The molecule has 2 heterocycles. The third kappa shape index (κ3) is 2.35. The maximum absolute atomic E-state index is 4.49. The van der Waals surface area contributed by atoms with Crippen LogP contribution < -0.4 is 10.2 Å². The molecule has 0 bridgehead atoms. The highest BCUT2D eigenvalue weighted by molar-refractivity contribution is 5.63. The van der Waals surface area contributed by atoms with Crippen LogP contribution in [0.2, 0.25) is 0 Å².